The molecule has 3 rings (SSSR count). The van der Waals surface area contributed by atoms with Gasteiger partial charge < -0.3 is 4.42 Å². The summed E-state index contributed by atoms with van der Waals surface area (Å²) in [5.41, 5.74) is 1.78. The molecule has 0 saturated heterocycles. The summed E-state index contributed by atoms with van der Waals surface area (Å²) >= 11 is 0. The van der Waals surface area contributed by atoms with Crippen LogP contribution in [0.4, 0.5) is 0 Å². The highest BCUT2D eigenvalue weighted by atomic mass is 16.3. The number of hydrogen-bond donors (Lipinski definition) is 0. The Balaban J connectivity index is 2.08. The number of para-hydroxylation sites is 1. The number of Topliss-reactive ketones (excluding diaryl/α,β-unsaturated/α-hetero) is 1. The number of carbonyl (C=O) groups excluding carboxylic acids is 1. The maximum atomic E-state index is 13.2. The van der Waals surface area contributed by atoms with E-state index in [2.05, 4.69) is 20.8 Å². The molecule has 1 saturated carbocycles. The molecule has 2 aromatic rings. The lowest BCUT2D eigenvalue weighted by atomic mass is 9.66. The van der Waals surface area contributed by atoms with Gasteiger partial charge in [-0.2, -0.15) is 0 Å². The summed E-state index contributed by atoms with van der Waals surface area (Å²) < 4.78 is 5.91. The predicted octanol–water partition coefficient (Wildman–Crippen LogP) is 5.39. The molecule has 1 aromatic heterocycles. The Morgan fingerprint density at radius 3 is 2.76 bits per heavy atom. The number of aryl methyl sites for hydroxylation is 1. The third-order valence-corrected chi connectivity index (χ3v) is 5.06. The van der Waals surface area contributed by atoms with Crippen LogP contribution in [0.5, 0.6) is 0 Å². The summed E-state index contributed by atoms with van der Waals surface area (Å²) in [6.45, 7) is 6.53. The monoisotopic (exact) mass is 284 g/mol. The molecule has 2 heteroatoms. The average Bonchev–Trinajstić information content (AvgIpc) is 2.84. The maximum Gasteiger partial charge on any atom is 0.170 e. The fraction of sp³-hybridized carbons (Fsp3) is 0.526. The lowest BCUT2D eigenvalue weighted by Gasteiger charge is -2.37. The summed E-state index contributed by atoms with van der Waals surface area (Å²) in [4.78, 5) is 13.2. The van der Waals surface area contributed by atoms with Gasteiger partial charge in [-0.25, -0.2) is 0 Å². The zero-order valence-corrected chi connectivity index (χ0v) is 13.2. The molecule has 112 valence electrons. The molecule has 1 heterocycles. The predicted molar refractivity (Wildman–Crippen MR) is 85.7 cm³/mol. The Labute approximate surface area is 126 Å². The van der Waals surface area contributed by atoms with Crippen LogP contribution in [0.15, 0.2) is 28.7 Å². The van der Waals surface area contributed by atoms with Crippen molar-refractivity contribution in [2.45, 2.75) is 52.9 Å². The Morgan fingerprint density at radius 2 is 2.05 bits per heavy atom. The molecule has 21 heavy (non-hydrogen) atoms. The smallest absolute Gasteiger partial charge is 0.170 e. The third kappa shape index (κ3) is 2.41. The molecular formula is C19H24O2. The van der Waals surface area contributed by atoms with E-state index in [1.807, 2.05) is 24.3 Å². The molecule has 1 unspecified atom stereocenters. The normalized spacial score (nSPS) is 21.6. The summed E-state index contributed by atoms with van der Waals surface area (Å²) in [5.74, 6) is 1.27. The first-order valence-corrected chi connectivity index (χ1v) is 8.09. The number of benzene rings is 1. The van der Waals surface area contributed by atoms with Gasteiger partial charge in [0.1, 0.15) is 11.3 Å². The minimum absolute atomic E-state index is 0.0960. The van der Waals surface area contributed by atoms with E-state index in [1.165, 1.54) is 6.42 Å². The first-order chi connectivity index (χ1) is 10.0. The molecule has 2 nitrogen and oxygen atoms in total. The van der Waals surface area contributed by atoms with Gasteiger partial charge in [-0.3, -0.25) is 4.79 Å². The largest absolute Gasteiger partial charge is 0.460 e. The number of rotatable bonds is 3. The van der Waals surface area contributed by atoms with E-state index in [1.54, 1.807) is 0 Å². The van der Waals surface area contributed by atoms with Gasteiger partial charge in [0.05, 0.1) is 5.56 Å². The van der Waals surface area contributed by atoms with E-state index < -0.39 is 0 Å². The summed E-state index contributed by atoms with van der Waals surface area (Å²) in [6, 6.07) is 7.92. The zero-order valence-electron chi connectivity index (χ0n) is 13.2. The minimum Gasteiger partial charge on any atom is -0.460 e. The molecule has 0 amide bonds. The van der Waals surface area contributed by atoms with Crippen molar-refractivity contribution >= 4 is 16.8 Å². The molecular weight excluding hydrogens is 260 g/mol. The summed E-state index contributed by atoms with van der Waals surface area (Å²) in [5, 5.41) is 0.987. The van der Waals surface area contributed by atoms with Crippen LogP contribution in [0.1, 0.15) is 62.6 Å². The highest BCUT2D eigenvalue weighted by Crippen LogP contribution is 2.43. The molecule has 0 N–H and O–H groups in total. The van der Waals surface area contributed by atoms with Crippen molar-refractivity contribution in [3.05, 3.63) is 35.6 Å². The van der Waals surface area contributed by atoms with Gasteiger partial charge in [0, 0.05) is 17.7 Å². The lowest BCUT2D eigenvalue weighted by molar-refractivity contribution is 0.0697. The first-order valence-electron chi connectivity index (χ1n) is 8.09. The number of furan rings is 1. The van der Waals surface area contributed by atoms with Gasteiger partial charge in [0.15, 0.2) is 5.78 Å². The Hall–Kier alpha value is -1.57. The third-order valence-electron chi connectivity index (χ3n) is 5.06. The highest BCUT2D eigenvalue weighted by molar-refractivity contribution is 6.09. The van der Waals surface area contributed by atoms with E-state index in [9.17, 15) is 4.79 Å². The van der Waals surface area contributed by atoms with Crippen molar-refractivity contribution in [2.24, 2.45) is 11.3 Å². The SMILES string of the molecule is CCc1oc2ccccc2c1C(=O)C1CCCCC1(C)C. The summed E-state index contributed by atoms with van der Waals surface area (Å²) in [6.07, 6.45) is 5.32. The average molecular weight is 284 g/mol. The molecule has 0 radical (unpaired) electrons. The molecule has 1 aliphatic rings. The van der Waals surface area contributed by atoms with Crippen LogP contribution in [-0.4, -0.2) is 5.78 Å². The van der Waals surface area contributed by atoms with Gasteiger partial charge in [-0.1, -0.05) is 51.8 Å². The second kappa shape index (κ2) is 5.32. The van der Waals surface area contributed by atoms with Crippen LogP contribution in [-0.2, 0) is 6.42 Å². The van der Waals surface area contributed by atoms with Gasteiger partial charge in [-0.15, -0.1) is 0 Å². The fourth-order valence-corrected chi connectivity index (χ4v) is 3.77. The lowest BCUT2D eigenvalue weighted by Crippen LogP contribution is -2.34. The van der Waals surface area contributed by atoms with Crippen molar-refractivity contribution in [3.63, 3.8) is 0 Å². The summed E-state index contributed by atoms with van der Waals surface area (Å²) in [7, 11) is 0. The maximum absolute atomic E-state index is 13.2. The van der Waals surface area contributed by atoms with Crippen molar-refractivity contribution in [1.82, 2.24) is 0 Å². The second-order valence-electron chi connectivity index (χ2n) is 6.90. The number of hydrogen-bond acceptors (Lipinski definition) is 2. The van der Waals surface area contributed by atoms with E-state index in [4.69, 9.17) is 4.42 Å². The van der Waals surface area contributed by atoms with E-state index >= 15 is 0 Å². The zero-order chi connectivity index (χ0) is 15.0. The van der Waals surface area contributed by atoms with Crippen molar-refractivity contribution in [2.75, 3.05) is 0 Å². The Bertz CT molecular complexity index is 663. The Morgan fingerprint density at radius 1 is 1.29 bits per heavy atom. The molecule has 0 aliphatic heterocycles. The molecule has 0 spiro atoms. The van der Waals surface area contributed by atoms with Crippen LogP contribution in [0.25, 0.3) is 11.0 Å². The van der Waals surface area contributed by atoms with Crippen LogP contribution in [0, 0.1) is 11.3 Å². The van der Waals surface area contributed by atoms with Gasteiger partial charge in [0.25, 0.3) is 0 Å². The van der Waals surface area contributed by atoms with Crippen LogP contribution in [0.2, 0.25) is 0 Å². The second-order valence-corrected chi connectivity index (χ2v) is 6.90. The minimum atomic E-state index is 0.0960. The van der Waals surface area contributed by atoms with E-state index in [0.717, 1.165) is 48.0 Å². The topological polar surface area (TPSA) is 30.2 Å². The number of ketones is 1. The molecule has 1 aliphatic carbocycles. The van der Waals surface area contributed by atoms with Crippen molar-refractivity contribution < 1.29 is 9.21 Å². The van der Waals surface area contributed by atoms with Gasteiger partial charge in [-0.05, 0) is 24.3 Å². The molecule has 1 atom stereocenters. The van der Waals surface area contributed by atoms with E-state index in [0.29, 0.717) is 5.78 Å². The Kier molecular flexibility index (Phi) is 3.64. The quantitative estimate of drug-likeness (QED) is 0.707. The van der Waals surface area contributed by atoms with E-state index in [-0.39, 0.29) is 11.3 Å². The van der Waals surface area contributed by atoms with Crippen LogP contribution < -0.4 is 0 Å². The molecule has 0 bridgehead atoms. The molecule has 1 fully saturated rings. The fourth-order valence-electron chi connectivity index (χ4n) is 3.77. The van der Waals surface area contributed by atoms with Gasteiger partial charge >= 0.3 is 0 Å². The highest BCUT2D eigenvalue weighted by Gasteiger charge is 2.39. The number of carbonyl (C=O) groups is 1. The molecule has 1 aromatic carbocycles. The van der Waals surface area contributed by atoms with Gasteiger partial charge in [0.2, 0.25) is 0 Å². The van der Waals surface area contributed by atoms with Crippen LogP contribution in [0.3, 0.4) is 0 Å². The van der Waals surface area contributed by atoms with Crippen molar-refractivity contribution in [1.29, 1.82) is 0 Å². The number of fused-ring (bicyclic) bond motifs is 1. The van der Waals surface area contributed by atoms with Crippen molar-refractivity contribution in [3.8, 4) is 0 Å². The van der Waals surface area contributed by atoms with Crippen LogP contribution >= 0.6 is 0 Å². The standard InChI is InChI=1S/C19H24O2/c1-4-15-17(13-9-5-6-11-16(13)21-15)18(20)14-10-7-8-12-19(14,2)3/h5-6,9,11,14H,4,7-8,10,12H2,1-3H3. The first kappa shape index (κ1) is 14.4.